The Labute approximate surface area is 656 Å². The van der Waals surface area contributed by atoms with Crippen molar-refractivity contribution in [2.24, 2.45) is 0 Å². The van der Waals surface area contributed by atoms with Gasteiger partial charge in [0.1, 0.15) is 48.8 Å². The molecule has 0 bridgehead atoms. The van der Waals surface area contributed by atoms with Gasteiger partial charge in [0.05, 0.1) is 32.0 Å². The second-order valence-electron chi connectivity index (χ2n) is 31.7. The Morgan fingerprint density at radius 1 is 0.346 bits per heavy atom. The van der Waals surface area contributed by atoms with Gasteiger partial charge in [-0.05, 0) is 77.0 Å². The number of nitrogens with one attached hydrogen (secondary N) is 1. The van der Waals surface area contributed by atoms with E-state index in [2.05, 4.69) is 92.1 Å². The van der Waals surface area contributed by atoms with Gasteiger partial charge in [-0.25, -0.2) is 0 Å². The minimum absolute atomic E-state index is 0.242. The maximum absolute atomic E-state index is 13.4. The van der Waals surface area contributed by atoms with Gasteiger partial charge in [0.2, 0.25) is 5.91 Å². The molecule has 2 aliphatic heterocycles. The Balaban J connectivity index is 1.56. The van der Waals surface area contributed by atoms with Crippen LogP contribution in [0.15, 0.2) is 85.1 Å². The summed E-state index contributed by atoms with van der Waals surface area (Å²) >= 11 is 0. The summed E-state index contributed by atoms with van der Waals surface area (Å²) in [7, 11) is 0. The zero-order valence-corrected chi connectivity index (χ0v) is 68.9. The van der Waals surface area contributed by atoms with Crippen molar-refractivity contribution < 1.29 is 64.6 Å². The molecule has 9 N–H and O–H groups in total. The first-order valence-electron chi connectivity index (χ1n) is 45.3. The summed E-state index contributed by atoms with van der Waals surface area (Å²) in [5.41, 5.74) is 0. The Bertz CT molecular complexity index is 2130. The van der Waals surface area contributed by atoms with Crippen molar-refractivity contribution in [2.75, 3.05) is 19.8 Å². The van der Waals surface area contributed by atoms with E-state index in [9.17, 15) is 45.6 Å². The normalized spacial score (nSPS) is 21.6. The molecule has 0 aromatic heterocycles. The van der Waals surface area contributed by atoms with Crippen molar-refractivity contribution in [1.82, 2.24) is 5.32 Å². The van der Waals surface area contributed by atoms with Crippen LogP contribution in [0.2, 0.25) is 0 Å². The number of rotatable bonds is 77. The molecule has 0 radical (unpaired) electrons. The molecule has 2 heterocycles. The van der Waals surface area contributed by atoms with Gasteiger partial charge in [0.15, 0.2) is 12.6 Å². The van der Waals surface area contributed by atoms with Crippen LogP contribution in [0.4, 0.5) is 0 Å². The highest BCUT2D eigenvalue weighted by Gasteiger charge is 2.51. The zero-order valence-electron chi connectivity index (χ0n) is 68.9. The lowest BCUT2D eigenvalue weighted by atomic mass is 9.97. The second-order valence-corrected chi connectivity index (χ2v) is 31.7. The molecule has 2 fully saturated rings. The monoisotopic (exact) mass is 1510 g/mol. The molecule has 2 rings (SSSR count). The lowest BCUT2D eigenvalue weighted by molar-refractivity contribution is -0.359. The van der Waals surface area contributed by atoms with Gasteiger partial charge in [-0.1, -0.05) is 407 Å². The minimum atomic E-state index is -1.79. The molecular weight excluding hydrogens is 1340 g/mol. The highest BCUT2D eigenvalue weighted by atomic mass is 16.7. The predicted molar refractivity (Wildman–Crippen MR) is 447 cm³/mol. The third-order valence-corrected chi connectivity index (χ3v) is 21.8. The van der Waals surface area contributed by atoms with Crippen LogP contribution in [0.5, 0.6) is 0 Å². The van der Waals surface area contributed by atoms with Crippen LogP contribution in [-0.2, 0) is 23.7 Å². The number of hydrogen-bond acceptors (Lipinski definition) is 13. The molecule has 0 aromatic carbocycles. The first-order chi connectivity index (χ1) is 52.6. The Morgan fingerprint density at radius 3 is 1.03 bits per heavy atom. The lowest BCUT2D eigenvalue weighted by Crippen LogP contribution is -2.65. The summed E-state index contributed by atoms with van der Waals surface area (Å²) < 4.78 is 22.9. The topological polar surface area (TPSA) is 228 Å². The Kier molecular flexibility index (Phi) is 71.0. The van der Waals surface area contributed by atoms with Crippen LogP contribution in [0.1, 0.15) is 406 Å². The fourth-order valence-electron chi connectivity index (χ4n) is 14.8. The van der Waals surface area contributed by atoms with Crippen LogP contribution in [0, 0.1) is 0 Å². The van der Waals surface area contributed by atoms with Gasteiger partial charge in [-0.15, -0.1) is 0 Å². The lowest BCUT2D eigenvalue weighted by Gasteiger charge is -2.46. The fourth-order valence-corrected chi connectivity index (χ4v) is 14.8. The van der Waals surface area contributed by atoms with Crippen molar-refractivity contribution in [1.29, 1.82) is 0 Å². The Morgan fingerprint density at radius 2 is 0.654 bits per heavy atom. The number of ether oxygens (including phenoxy) is 4. The number of unbranched alkanes of at least 4 members (excludes halogenated alkanes) is 52. The first-order valence-corrected chi connectivity index (χ1v) is 45.3. The third kappa shape index (κ3) is 57.8. The molecular formula is C93H169NO13. The molecule has 0 aromatic rings. The van der Waals surface area contributed by atoms with E-state index >= 15 is 0 Å². The maximum atomic E-state index is 13.4. The number of aliphatic hydroxyl groups excluding tert-OH is 8. The fraction of sp³-hybridized carbons (Fsp3) is 0.839. The van der Waals surface area contributed by atoms with Crippen LogP contribution in [0.3, 0.4) is 0 Å². The number of allylic oxidation sites excluding steroid dienone is 13. The van der Waals surface area contributed by atoms with Crippen LogP contribution in [-0.4, -0.2) is 140 Å². The molecule has 107 heavy (non-hydrogen) atoms. The molecule has 2 aliphatic rings. The average molecular weight is 1510 g/mol. The molecule has 2 saturated heterocycles. The van der Waals surface area contributed by atoms with E-state index in [-0.39, 0.29) is 18.9 Å². The summed E-state index contributed by atoms with van der Waals surface area (Å²) in [6.07, 6.45) is 91.4. The Hall–Kier alpha value is -2.83. The van der Waals surface area contributed by atoms with E-state index in [1.54, 1.807) is 6.08 Å². The van der Waals surface area contributed by atoms with Crippen LogP contribution in [0.25, 0.3) is 0 Å². The molecule has 0 saturated carbocycles. The third-order valence-electron chi connectivity index (χ3n) is 21.8. The number of hydrogen-bond donors (Lipinski definition) is 9. The molecule has 14 heteroatoms. The smallest absolute Gasteiger partial charge is 0.220 e. The first kappa shape index (κ1) is 100. The molecule has 1 amide bonds. The number of carbonyl (C=O) groups excluding carboxylic acids is 1. The molecule has 12 unspecified atom stereocenters. The predicted octanol–water partition coefficient (Wildman–Crippen LogP) is 22.2. The van der Waals surface area contributed by atoms with E-state index in [0.717, 1.165) is 64.2 Å². The molecule has 12 atom stereocenters. The summed E-state index contributed by atoms with van der Waals surface area (Å²) in [5.74, 6) is -0.242. The van der Waals surface area contributed by atoms with Crippen molar-refractivity contribution >= 4 is 5.91 Å². The van der Waals surface area contributed by atoms with E-state index in [0.29, 0.717) is 12.8 Å². The molecule has 0 spiro atoms. The second kappa shape index (κ2) is 75.8. The largest absolute Gasteiger partial charge is 0.394 e. The van der Waals surface area contributed by atoms with Gasteiger partial charge in [-0.3, -0.25) is 4.79 Å². The standard InChI is InChI=1S/C93H169NO13/c1-3-5-7-9-11-13-15-17-19-21-23-25-27-29-31-33-35-37-38-39-40-41-42-43-44-45-47-49-51-53-55-57-59-61-63-65-67-69-71-73-75-77-85(98)94-81(80-104-92-90(103)88(101)91(84(79-96)106-92)107-93-89(102)87(100)86(99)83(78-95)105-93)82(97)76-74-72-70-68-66-64-62-60-58-56-54-52-50-48-46-36-34-32-30-28-26-24-22-20-18-16-14-12-10-8-6-4-2/h5,7,11,13,17,19,23,25,29,31,66,68,74,76,81-84,86-93,95-97,99-103H,3-4,6,8-10,12,14-16,18,20-22,24,26-28,30,32-65,67,69-73,75,77-80H2,1-2H3,(H,94,98)/b7-5-,13-11-,19-17-,25-23-,31-29-,68-66+,76-74+. The number of amides is 1. The van der Waals surface area contributed by atoms with Gasteiger partial charge >= 0.3 is 0 Å². The number of carbonyl (C=O) groups is 1. The van der Waals surface area contributed by atoms with Crippen molar-refractivity contribution in [3.63, 3.8) is 0 Å². The van der Waals surface area contributed by atoms with E-state index in [1.165, 1.54) is 308 Å². The molecule has 624 valence electrons. The number of aliphatic hydroxyl groups is 8. The highest BCUT2D eigenvalue weighted by Crippen LogP contribution is 2.31. The van der Waals surface area contributed by atoms with Crippen molar-refractivity contribution in [2.45, 2.75) is 479 Å². The highest BCUT2D eigenvalue weighted by molar-refractivity contribution is 5.76. The van der Waals surface area contributed by atoms with Crippen LogP contribution < -0.4 is 5.32 Å². The van der Waals surface area contributed by atoms with Gasteiger partial charge in [0, 0.05) is 6.42 Å². The summed E-state index contributed by atoms with van der Waals surface area (Å²) in [5, 5.41) is 87.9. The van der Waals surface area contributed by atoms with E-state index in [4.69, 9.17) is 18.9 Å². The minimum Gasteiger partial charge on any atom is -0.394 e. The van der Waals surface area contributed by atoms with Crippen LogP contribution >= 0.6 is 0 Å². The average Bonchev–Trinajstić information content (AvgIpc) is 0.789. The van der Waals surface area contributed by atoms with E-state index < -0.39 is 86.8 Å². The SMILES string of the molecule is CC/C=C\C/C=C\C/C=C\C/C=C\C/C=C\CCCCCCCCCCCCCCCCCCCCCCCCCCCC(=O)NC(COC1OC(CO)C(OC2OC(CO)C(O)C(O)C2O)C(O)C1O)C(O)/C=C/CC/C=C/CCCCCCCCCCCCCCCCCCCCCCCCCCCC. The molecule has 0 aliphatic carbocycles. The van der Waals surface area contributed by atoms with Gasteiger partial charge in [0.25, 0.3) is 0 Å². The zero-order chi connectivity index (χ0) is 77.2. The van der Waals surface area contributed by atoms with Crippen molar-refractivity contribution in [3.8, 4) is 0 Å². The quantitative estimate of drug-likeness (QED) is 0.0204. The maximum Gasteiger partial charge on any atom is 0.220 e. The van der Waals surface area contributed by atoms with Gasteiger partial charge in [-0.2, -0.15) is 0 Å². The molecule has 14 nitrogen and oxygen atoms in total. The summed E-state index contributed by atoms with van der Waals surface area (Å²) in [6.45, 7) is 2.73. The summed E-state index contributed by atoms with van der Waals surface area (Å²) in [4.78, 5) is 13.4. The van der Waals surface area contributed by atoms with Crippen molar-refractivity contribution in [3.05, 3.63) is 85.1 Å². The summed E-state index contributed by atoms with van der Waals surface area (Å²) in [6, 6.07) is -0.935. The van der Waals surface area contributed by atoms with E-state index in [1.807, 2.05) is 6.08 Å². The van der Waals surface area contributed by atoms with Gasteiger partial charge < -0.3 is 65.1 Å².